The molecule has 1 heterocycles. The summed E-state index contributed by atoms with van der Waals surface area (Å²) in [6.45, 7) is 1.99. The van der Waals surface area contributed by atoms with Crippen molar-refractivity contribution in [3.8, 4) is 0 Å². The second kappa shape index (κ2) is 4.00. The van der Waals surface area contributed by atoms with Gasteiger partial charge < -0.3 is 5.32 Å². The van der Waals surface area contributed by atoms with Crippen LogP contribution in [-0.4, -0.2) is 15.0 Å². The number of benzene rings is 1. The SMILES string of the molecule is Cc1ccc(Nc2ncnc(F)n2)cc1. The molecule has 1 aromatic heterocycles. The van der Waals surface area contributed by atoms with Crippen molar-refractivity contribution in [1.82, 2.24) is 15.0 Å². The van der Waals surface area contributed by atoms with E-state index in [1.807, 2.05) is 31.2 Å². The van der Waals surface area contributed by atoms with E-state index < -0.39 is 6.08 Å². The minimum Gasteiger partial charge on any atom is -0.324 e. The average molecular weight is 204 g/mol. The first kappa shape index (κ1) is 9.51. The smallest absolute Gasteiger partial charge is 0.313 e. The summed E-state index contributed by atoms with van der Waals surface area (Å²) in [5.41, 5.74) is 1.97. The van der Waals surface area contributed by atoms with E-state index in [0.29, 0.717) is 0 Å². The van der Waals surface area contributed by atoms with Crippen molar-refractivity contribution in [2.75, 3.05) is 5.32 Å². The first-order valence-corrected chi connectivity index (χ1v) is 4.42. The number of halogens is 1. The zero-order valence-electron chi connectivity index (χ0n) is 8.11. The number of aromatic nitrogens is 3. The number of aryl methyl sites for hydroxylation is 1. The van der Waals surface area contributed by atoms with Gasteiger partial charge in [0, 0.05) is 5.69 Å². The molecule has 1 N–H and O–H groups in total. The minimum atomic E-state index is -0.792. The first-order valence-electron chi connectivity index (χ1n) is 4.42. The molecule has 2 rings (SSSR count). The molecule has 2 aromatic rings. The van der Waals surface area contributed by atoms with Crippen molar-refractivity contribution in [3.05, 3.63) is 42.2 Å². The number of rotatable bonds is 2. The van der Waals surface area contributed by atoms with Gasteiger partial charge >= 0.3 is 6.08 Å². The highest BCUT2D eigenvalue weighted by Gasteiger charge is 1.99. The number of hydrogen-bond acceptors (Lipinski definition) is 4. The van der Waals surface area contributed by atoms with Crippen molar-refractivity contribution < 1.29 is 4.39 Å². The quantitative estimate of drug-likeness (QED) is 0.813. The van der Waals surface area contributed by atoms with Crippen molar-refractivity contribution in [1.29, 1.82) is 0 Å². The zero-order valence-corrected chi connectivity index (χ0v) is 8.11. The van der Waals surface area contributed by atoms with Crippen molar-refractivity contribution in [3.63, 3.8) is 0 Å². The van der Waals surface area contributed by atoms with E-state index in [2.05, 4.69) is 20.3 Å². The molecule has 1 aromatic carbocycles. The van der Waals surface area contributed by atoms with Gasteiger partial charge in [-0.15, -0.1) is 0 Å². The van der Waals surface area contributed by atoms with Gasteiger partial charge in [-0.1, -0.05) is 17.7 Å². The van der Waals surface area contributed by atoms with Gasteiger partial charge in [0.25, 0.3) is 0 Å². The second-order valence-electron chi connectivity index (χ2n) is 3.07. The Bertz CT molecular complexity index is 455. The van der Waals surface area contributed by atoms with Gasteiger partial charge in [0.1, 0.15) is 6.33 Å². The largest absolute Gasteiger partial charge is 0.324 e. The molecule has 4 nitrogen and oxygen atoms in total. The number of nitrogens with one attached hydrogen (secondary N) is 1. The molecular formula is C10H9FN4. The molecule has 0 atom stereocenters. The summed E-state index contributed by atoms with van der Waals surface area (Å²) >= 11 is 0. The maximum Gasteiger partial charge on any atom is 0.313 e. The van der Waals surface area contributed by atoms with E-state index in [9.17, 15) is 4.39 Å². The number of anilines is 2. The lowest BCUT2D eigenvalue weighted by Gasteiger charge is -2.03. The molecule has 0 aliphatic heterocycles. The van der Waals surface area contributed by atoms with Crippen LogP contribution in [0.5, 0.6) is 0 Å². The third kappa shape index (κ3) is 2.46. The van der Waals surface area contributed by atoms with Gasteiger partial charge in [0.05, 0.1) is 0 Å². The van der Waals surface area contributed by atoms with Crippen molar-refractivity contribution in [2.45, 2.75) is 6.92 Å². The summed E-state index contributed by atoms with van der Waals surface area (Å²) in [6, 6.07) is 7.63. The summed E-state index contributed by atoms with van der Waals surface area (Å²) in [7, 11) is 0. The lowest BCUT2D eigenvalue weighted by atomic mass is 10.2. The van der Waals surface area contributed by atoms with Crippen LogP contribution in [0.15, 0.2) is 30.6 Å². The van der Waals surface area contributed by atoms with Crippen LogP contribution in [-0.2, 0) is 0 Å². The third-order valence-electron chi connectivity index (χ3n) is 1.85. The Hall–Kier alpha value is -2.04. The van der Waals surface area contributed by atoms with Crippen molar-refractivity contribution >= 4 is 11.6 Å². The molecule has 0 spiro atoms. The summed E-state index contributed by atoms with van der Waals surface area (Å²) in [5, 5.41) is 2.87. The molecule has 0 unspecified atom stereocenters. The van der Waals surface area contributed by atoms with Crippen LogP contribution in [0.2, 0.25) is 0 Å². The Morgan fingerprint density at radius 1 is 1.13 bits per heavy atom. The summed E-state index contributed by atoms with van der Waals surface area (Å²) in [6.07, 6.45) is 0.332. The van der Waals surface area contributed by atoms with Gasteiger partial charge in [0.2, 0.25) is 5.95 Å². The van der Waals surface area contributed by atoms with E-state index in [1.54, 1.807) is 0 Å². The second-order valence-corrected chi connectivity index (χ2v) is 3.07. The molecule has 5 heteroatoms. The highest BCUT2D eigenvalue weighted by atomic mass is 19.1. The summed E-state index contributed by atoms with van der Waals surface area (Å²) in [4.78, 5) is 10.5. The molecule has 76 valence electrons. The van der Waals surface area contributed by atoms with Crippen LogP contribution < -0.4 is 5.32 Å². The topological polar surface area (TPSA) is 50.7 Å². The highest BCUT2D eigenvalue weighted by molar-refractivity contribution is 5.52. The fourth-order valence-electron chi connectivity index (χ4n) is 1.10. The molecule has 0 saturated heterocycles. The number of hydrogen-bond donors (Lipinski definition) is 1. The average Bonchev–Trinajstić information content (AvgIpc) is 2.22. The Balaban J connectivity index is 2.18. The Morgan fingerprint density at radius 2 is 1.87 bits per heavy atom. The molecule has 0 saturated carbocycles. The van der Waals surface area contributed by atoms with E-state index >= 15 is 0 Å². The number of nitrogens with zero attached hydrogens (tertiary/aromatic N) is 3. The maximum absolute atomic E-state index is 12.6. The molecule has 0 aliphatic rings. The summed E-state index contributed by atoms with van der Waals surface area (Å²) < 4.78 is 12.6. The molecule has 0 aliphatic carbocycles. The Morgan fingerprint density at radius 3 is 2.53 bits per heavy atom. The molecule has 0 fully saturated rings. The molecular weight excluding hydrogens is 195 g/mol. The molecule has 15 heavy (non-hydrogen) atoms. The third-order valence-corrected chi connectivity index (χ3v) is 1.85. The fourth-order valence-corrected chi connectivity index (χ4v) is 1.10. The minimum absolute atomic E-state index is 0.200. The Kier molecular flexibility index (Phi) is 2.53. The van der Waals surface area contributed by atoms with E-state index in [4.69, 9.17) is 0 Å². The van der Waals surface area contributed by atoms with Crippen molar-refractivity contribution in [2.24, 2.45) is 0 Å². The predicted molar refractivity (Wildman–Crippen MR) is 54.2 cm³/mol. The van der Waals surface area contributed by atoms with Crippen LogP contribution >= 0.6 is 0 Å². The standard InChI is InChI=1S/C10H9FN4/c1-7-2-4-8(5-3-7)14-10-13-6-12-9(11)15-10/h2-6H,1H3,(H,12,13,14,15). The van der Waals surface area contributed by atoms with Gasteiger partial charge in [-0.2, -0.15) is 14.4 Å². The predicted octanol–water partition coefficient (Wildman–Crippen LogP) is 2.06. The van der Waals surface area contributed by atoms with Crippen LogP contribution in [0.1, 0.15) is 5.56 Å². The first-order chi connectivity index (χ1) is 7.24. The van der Waals surface area contributed by atoms with Crippen LogP contribution in [0, 0.1) is 13.0 Å². The van der Waals surface area contributed by atoms with E-state index in [1.165, 1.54) is 0 Å². The molecule has 0 bridgehead atoms. The van der Waals surface area contributed by atoms with Crippen LogP contribution in [0.4, 0.5) is 16.0 Å². The van der Waals surface area contributed by atoms with Crippen LogP contribution in [0.3, 0.4) is 0 Å². The van der Waals surface area contributed by atoms with E-state index in [-0.39, 0.29) is 5.95 Å². The van der Waals surface area contributed by atoms with Gasteiger partial charge in [-0.3, -0.25) is 0 Å². The van der Waals surface area contributed by atoms with Gasteiger partial charge in [-0.25, -0.2) is 4.98 Å². The lowest BCUT2D eigenvalue weighted by Crippen LogP contribution is -1.99. The maximum atomic E-state index is 12.6. The highest BCUT2D eigenvalue weighted by Crippen LogP contribution is 2.12. The molecule has 0 radical (unpaired) electrons. The molecule has 0 amide bonds. The normalized spacial score (nSPS) is 10.0. The fraction of sp³-hybridized carbons (Fsp3) is 0.100. The lowest BCUT2D eigenvalue weighted by molar-refractivity contribution is 0.534. The van der Waals surface area contributed by atoms with Gasteiger partial charge in [0.15, 0.2) is 0 Å². The Labute approximate surface area is 86.2 Å². The van der Waals surface area contributed by atoms with Gasteiger partial charge in [-0.05, 0) is 19.1 Å². The monoisotopic (exact) mass is 204 g/mol. The summed E-state index contributed by atoms with van der Waals surface area (Å²) in [5.74, 6) is 0.200. The van der Waals surface area contributed by atoms with E-state index in [0.717, 1.165) is 17.6 Å². The zero-order chi connectivity index (χ0) is 10.7. The van der Waals surface area contributed by atoms with Crippen LogP contribution in [0.25, 0.3) is 0 Å².